The van der Waals surface area contributed by atoms with Crippen LogP contribution in [0.5, 0.6) is 11.5 Å². The second-order valence-corrected chi connectivity index (χ2v) is 8.82. The molecule has 1 fully saturated rings. The van der Waals surface area contributed by atoms with Gasteiger partial charge in [0, 0.05) is 6.54 Å². The molecule has 1 aromatic heterocycles. The molecule has 5 nitrogen and oxygen atoms in total. The fraction of sp³-hybridized carbons (Fsp3) is 0.464. The lowest BCUT2D eigenvalue weighted by Crippen LogP contribution is -2.26. The maximum Gasteiger partial charge on any atom is 0.161 e. The van der Waals surface area contributed by atoms with Crippen molar-refractivity contribution in [3.05, 3.63) is 59.9 Å². The zero-order chi connectivity index (χ0) is 22.9. The van der Waals surface area contributed by atoms with E-state index in [1.807, 2.05) is 25.1 Å². The van der Waals surface area contributed by atoms with Gasteiger partial charge in [0.1, 0.15) is 5.82 Å². The van der Waals surface area contributed by atoms with Crippen LogP contribution in [0.25, 0.3) is 17.1 Å². The SMILES string of the molecule is C/C=C/c1ccc(OCCCCn2c(CN3CCCCCC3)nc3ccccc32)c(OC)c1. The van der Waals surface area contributed by atoms with Crippen molar-refractivity contribution >= 4 is 17.1 Å². The van der Waals surface area contributed by atoms with Crippen molar-refractivity contribution in [1.29, 1.82) is 0 Å². The highest BCUT2D eigenvalue weighted by molar-refractivity contribution is 5.75. The van der Waals surface area contributed by atoms with Crippen LogP contribution in [0.1, 0.15) is 56.8 Å². The van der Waals surface area contributed by atoms with Crippen molar-refractivity contribution in [1.82, 2.24) is 14.5 Å². The van der Waals surface area contributed by atoms with E-state index in [4.69, 9.17) is 14.5 Å². The quantitative estimate of drug-likeness (QED) is 0.341. The van der Waals surface area contributed by atoms with Crippen LogP contribution in [-0.4, -0.2) is 41.3 Å². The number of hydrogen-bond donors (Lipinski definition) is 0. The predicted molar refractivity (Wildman–Crippen MR) is 136 cm³/mol. The first kappa shape index (κ1) is 23.4. The summed E-state index contributed by atoms with van der Waals surface area (Å²) in [7, 11) is 1.69. The molecule has 0 radical (unpaired) electrons. The van der Waals surface area contributed by atoms with Gasteiger partial charge in [0.05, 0.1) is 31.3 Å². The number of hydrogen-bond acceptors (Lipinski definition) is 4. The van der Waals surface area contributed by atoms with Gasteiger partial charge in [-0.3, -0.25) is 4.90 Å². The highest BCUT2D eigenvalue weighted by Crippen LogP contribution is 2.29. The number of nitrogens with zero attached hydrogens (tertiary/aromatic N) is 3. The van der Waals surface area contributed by atoms with Crippen molar-refractivity contribution in [3.63, 3.8) is 0 Å². The van der Waals surface area contributed by atoms with Crippen LogP contribution in [0.2, 0.25) is 0 Å². The Hall–Kier alpha value is -2.79. The monoisotopic (exact) mass is 447 g/mol. The Morgan fingerprint density at radius 3 is 2.58 bits per heavy atom. The number of aromatic nitrogens is 2. The molecule has 0 aliphatic carbocycles. The van der Waals surface area contributed by atoms with E-state index >= 15 is 0 Å². The van der Waals surface area contributed by atoms with Gasteiger partial charge in [0.25, 0.3) is 0 Å². The van der Waals surface area contributed by atoms with Gasteiger partial charge in [0.15, 0.2) is 11.5 Å². The first-order valence-electron chi connectivity index (χ1n) is 12.4. The highest BCUT2D eigenvalue weighted by Gasteiger charge is 2.15. The molecule has 0 N–H and O–H groups in total. The molecule has 5 heteroatoms. The summed E-state index contributed by atoms with van der Waals surface area (Å²) in [6.45, 7) is 6.97. The minimum Gasteiger partial charge on any atom is -0.493 e. The van der Waals surface area contributed by atoms with Gasteiger partial charge in [-0.2, -0.15) is 0 Å². The predicted octanol–water partition coefficient (Wildman–Crippen LogP) is 6.31. The van der Waals surface area contributed by atoms with Gasteiger partial charge < -0.3 is 14.0 Å². The summed E-state index contributed by atoms with van der Waals surface area (Å²) in [5, 5.41) is 0. The largest absolute Gasteiger partial charge is 0.493 e. The van der Waals surface area contributed by atoms with Crippen LogP contribution in [0.15, 0.2) is 48.5 Å². The third-order valence-corrected chi connectivity index (χ3v) is 6.38. The minimum atomic E-state index is 0.674. The second kappa shape index (κ2) is 11.9. The van der Waals surface area contributed by atoms with Gasteiger partial charge in [-0.25, -0.2) is 4.98 Å². The minimum absolute atomic E-state index is 0.674. The summed E-state index contributed by atoms with van der Waals surface area (Å²) in [6.07, 6.45) is 11.4. The average Bonchev–Trinajstić information content (AvgIpc) is 2.98. The molecule has 3 aromatic rings. The number of ether oxygens (including phenoxy) is 2. The number of rotatable bonds is 10. The molecule has 0 saturated carbocycles. The molecule has 0 spiro atoms. The van der Waals surface area contributed by atoms with Crippen LogP contribution in [-0.2, 0) is 13.1 Å². The zero-order valence-corrected chi connectivity index (χ0v) is 20.1. The van der Waals surface area contributed by atoms with Gasteiger partial charge in [-0.05, 0) is 75.5 Å². The van der Waals surface area contributed by atoms with E-state index in [0.717, 1.165) is 48.5 Å². The number of aryl methyl sites for hydroxylation is 1. The molecule has 0 unspecified atom stereocenters. The van der Waals surface area contributed by atoms with E-state index in [1.165, 1.54) is 50.1 Å². The molecule has 2 heterocycles. The number of unbranched alkanes of at least 4 members (excludes halogenated alkanes) is 1. The summed E-state index contributed by atoms with van der Waals surface area (Å²) in [4.78, 5) is 7.58. The number of fused-ring (bicyclic) bond motifs is 1. The van der Waals surface area contributed by atoms with Gasteiger partial charge in [-0.15, -0.1) is 0 Å². The molecule has 33 heavy (non-hydrogen) atoms. The van der Waals surface area contributed by atoms with E-state index in [0.29, 0.717) is 6.61 Å². The van der Waals surface area contributed by atoms with Crippen LogP contribution < -0.4 is 9.47 Å². The lowest BCUT2D eigenvalue weighted by Gasteiger charge is -2.20. The molecule has 0 amide bonds. The lowest BCUT2D eigenvalue weighted by atomic mass is 10.2. The third kappa shape index (κ3) is 6.17. The molecule has 176 valence electrons. The van der Waals surface area contributed by atoms with E-state index in [9.17, 15) is 0 Å². The zero-order valence-electron chi connectivity index (χ0n) is 20.1. The maximum atomic E-state index is 6.05. The van der Waals surface area contributed by atoms with Crippen molar-refractivity contribution in [2.24, 2.45) is 0 Å². The number of para-hydroxylation sites is 2. The van der Waals surface area contributed by atoms with Crippen LogP contribution in [0.3, 0.4) is 0 Å². The number of allylic oxidation sites excluding steroid dienone is 1. The number of imidazole rings is 1. The Bertz CT molecular complexity index is 1050. The van der Waals surface area contributed by atoms with Crippen molar-refractivity contribution in [3.8, 4) is 11.5 Å². The highest BCUT2D eigenvalue weighted by atomic mass is 16.5. The van der Waals surface area contributed by atoms with Crippen molar-refractivity contribution in [2.45, 2.75) is 58.5 Å². The fourth-order valence-electron chi connectivity index (χ4n) is 4.64. The van der Waals surface area contributed by atoms with Crippen LogP contribution >= 0.6 is 0 Å². The Kier molecular flexibility index (Phi) is 8.42. The normalized spacial score (nSPS) is 15.2. The summed E-state index contributed by atoms with van der Waals surface area (Å²) in [6, 6.07) is 14.6. The molecule has 1 aliphatic rings. The average molecular weight is 448 g/mol. The van der Waals surface area contributed by atoms with Gasteiger partial charge in [0.2, 0.25) is 0 Å². The molecule has 0 bridgehead atoms. The molecule has 1 aliphatic heterocycles. The number of methoxy groups -OCH3 is 1. The summed E-state index contributed by atoms with van der Waals surface area (Å²) >= 11 is 0. The van der Waals surface area contributed by atoms with Crippen molar-refractivity contribution < 1.29 is 9.47 Å². The topological polar surface area (TPSA) is 39.5 Å². The van der Waals surface area contributed by atoms with Crippen LogP contribution in [0, 0.1) is 0 Å². The summed E-state index contributed by atoms with van der Waals surface area (Å²) < 4.78 is 14.0. The maximum absolute atomic E-state index is 6.05. The summed E-state index contributed by atoms with van der Waals surface area (Å²) in [5.41, 5.74) is 3.46. The lowest BCUT2D eigenvalue weighted by molar-refractivity contribution is 0.264. The molecule has 2 aromatic carbocycles. The van der Waals surface area contributed by atoms with E-state index in [2.05, 4.69) is 45.9 Å². The van der Waals surface area contributed by atoms with Crippen LogP contribution in [0.4, 0.5) is 0 Å². The number of likely N-dealkylation sites (tertiary alicyclic amines) is 1. The third-order valence-electron chi connectivity index (χ3n) is 6.38. The van der Waals surface area contributed by atoms with E-state index < -0.39 is 0 Å². The Labute approximate surface area is 198 Å². The smallest absolute Gasteiger partial charge is 0.161 e. The molecule has 0 atom stereocenters. The van der Waals surface area contributed by atoms with E-state index in [-0.39, 0.29) is 0 Å². The van der Waals surface area contributed by atoms with Gasteiger partial charge in [-0.1, -0.05) is 43.2 Å². The molecular formula is C28H37N3O2. The number of benzene rings is 2. The Morgan fingerprint density at radius 1 is 0.970 bits per heavy atom. The first-order valence-corrected chi connectivity index (χ1v) is 12.4. The molecule has 4 rings (SSSR count). The Balaban J connectivity index is 1.36. The Morgan fingerprint density at radius 2 is 1.79 bits per heavy atom. The van der Waals surface area contributed by atoms with Crippen molar-refractivity contribution in [2.75, 3.05) is 26.8 Å². The van der Waals surface area contributed by atoms with Gasteiger partial charge >= 0.3 is 0 Å². The molecule has 1 saturated heterocycles. The van der Waals surface area contributed by atoms with E-state index in [1.54, 1.807) is 7.11 Å². The second-order valence-electron chi connectivity index (χ2n) is 8.82. The fourth-order valence-corrected chi connectivity index (χ4v) is 4.64. The summed E-state index contributed by atoms with van der Waals surface area (Å²) in [5.74, 6) is 2.78. The first-order chi connectivity index (χ1) is 16.3. The standard InChI is InChI=1S/C28H37N3O2/c1-3-12-23-15-16-26(27(21-23)32-2)33-20-11-10-19-31-25-14-7-6-13-24(25)29-28(31)22-30-17-8-4-5-9-18-30/h3,6-7,12-16,21H,4-5,8-11,17-20,22H2,1-2H3/b12-3+. The molecular weight excluding hydrogens is 410 g/mol.